The summed E-state index contributed by atoms with van der Waals surface area (Å²) in [4.78, 5) is 0. The smallest absolute Gasteiger partial charge is 0.314 e. The fourth-order valence-electron chi connectivity index (χ4n) is 2.49. The number of hydrogen-bond acceptors (Lipinski definition) is 5. The Hall–Kier alpha value is 0.508. The molecular formula is C12H34N2O3Si4. The van der Waals surface area contributed by atoms with Gasteiger partial charge in [0.05, 0.1) is 0 Å². The zero-order chi connectivity index (χ0) is 16.7. The molecule has 0 aromatic rings. The maximum atomic E-state index is 11.5. The van der Waals surface area contributed by atoms with Crippen molar-refractivity contribution in [3.8, 4) is 0 Å². The Kier molecular flexibility index (Phi) is 9.18. The zero-order valence-corrected chi connectivity index (χ0v) is 18.9. The van der Waals surface area contributed by atoms with Crippen molar-refractivity contribution in [1.82, 2.24) is 5.32 Å². The van der Waals surface area contributed by atoms with Crippen LogP contribution in [0.1, 0.15) is 6.92 Å². The summed E-state index contributed by atoms with van der Waals surface area (Å²) in [6.45, 7) is 17.4. The highest BCUT2D eigenvalue weighted by molar-refractivity contribution is 7.17. The average Bonchev–Trinajstić information content (AvgIpc) is 2.25. The molecule has 5 nitrogen and oxygen atoms in total. The molecule has 0 heterocycles. The van der Waals surface area contributed by atoms with Gasteiger partial charge >= 0.3 is 8.56 Å². The fraction of sp³-hybridized carbons (Fsp3) is 1.00. The normalized spacial score (nSPS) is 17.3. The molecule has 0 rings (SSSR count). The Morgan fingerprint density at radius 2 is 1.71 bits per heavy atom. The van der Waals surface area contributed by atoms with E-state index in [0.29, 0.717) is 12.5 Å². The van der Waals surface area contributed by atoms with E-state index in [-0.39, 0.29) is 0 Å². The molecular weight excluding hydrogens is 332 g/mol. The van der Waals surface area contributed by atoms with Crippen LogP contribution in [-0.2, 0) is 12.7 Å². The molecule has 0 aromatic heterocycles. The van der Waals surface area contributed by atoms with Crippen molar-refractivity contribution in [3.63, 3.8) is 0 Å². The quantitative estimate of drug-likeness (QED) is 0.429. The van der Waals surface area contributed by atoms with Gasteiger partial charge in [-0.3, -0.25) is 0 Å². The largest absolute Gasteiger partial charge is 0.437 e. The van der Waals surface area contributed by atoms with Gasteiger partial charge in [0.15, 0.2) is 8.32 Å². The van der Waals surface area contributed by atoms with Crippen LogP contribution in [0.3, 0.4) is 0 Å². The average molecular weight is 367 g/mol. The van der Waals surface area contributed by atoms with Crippen molar-refractivity contribution in [2.24, 2.45) is 11.7 Å². The molecule has 9 heteroatoms. The van der Waals surface area contributed by atoms with E-state index in [0.717, 1.165) is 19.1 Å². The lowest BCUT2D eigenvalue weighted by atomic mass is 10.2. The van der Waals surface area contributed by atoms with E-state index in [2.05, 4.69) is 38.4 Å². The summed E-state index contributed by atoms with van der Waals surface area (Å²) in [5.41, 5.74) is 5.50. The lowest BCUT2D eigenvalue weighted by Crippen LogP contribution is -2.55. The number of nitrogens with one attached hydrogen (secondary N) is 1. The van der Waals surface area contributed by atoms with Crippen LogP contribution in [0.25, 0.3) is 0 Å². The lowest BCUT2D eigenvalue weighted by molar-refractivity contribution is 0.370. The highest BCUT2D eigenvalue weighted by Crippen LogP contribution is 2.26. The van der Waals surface area contributed by atoms with Gasteiger partial charge in [-0.1, -0.05) is 6.92 Å². The minimum absolute atomic E-state index is 0.469. The standard InChI is InChI=1S/C12H34N2O3Si4/c1-12(10-14-9-8-13)11-21(7,16-19(2,3)4)17-20(5,6)18-15/h12,14,18H,8-11,13H2,1-7H3. The molecule has 0 radical (unpaired) electrons. The van der Waals surface area contributed by atoms with Gasteiger partial charge in [-0.2, -0.15) is 0 Å². The third-order valence-electron chi connectivity index (χ3n) is 2.82. The zero-order valence-electron chi connectivity index (χ0n) is 14.8. The molecule has 21 heavy (non-hydrogen) atoms. The van der Waals surface area contributed by atoms with Crippen molar-refractivity contribution in [1.29, 1.82) is 0 Å². The van der Waals surface area contributed by atoms with Gasteiger partial charge in [-0.15, -0.1) is 0 Å². The molecule has 0 aliphatic carbocycles. The first-order chi connectivity index (χ1) is 9.43. The Morgan fingerprint density at radius 3 is 2.14 bits per heavy atom. The second-order valence-corrected chi connectivity index (χ2v) is 24.3. The third kappa shape index (κ3) is 10.8. The first-order valence-corrected chi connectivity index (χ1v) is 18.8. The molecule has 2 unspecified atom stereocenters. The summed E-state index contributed by atoms with van der Waals surface area (Å²) >= 11 is 0. The van der Waals surface area contributed by atoms with E-state index in [4.69, 9.17) is 14.0 Å². The maximum Gasteiger partial charge on any atom is 0.314 e. The van der Waals surface area contributed by atoms with Gasteiger partial charge < -0.3 is 23.7 Å². The predicted molar refractivity (Wildman–Crippen MR) is 98.3 cm³/mol. The number of nitrogens with two attached hydrogens (primary N) is 1. The Balaban J connectivity index is 4.83. The van der Waals surface area contributed by atoms with E-state index >= 15 is 0 Å². The molecule has 0 spiro atoms. The number of rotatable bonds is 11. The van der Waals surface area contributed by atoms with Crippen LogP contribution in [0.4, 0.5) is 0 Å². The van der Waals surface area contributed by atoms with Crippen molar-refractivity contribution in [2.45, 2.75) is 52.2 Å². The fourth-order valence-corrected chi connectivity index (χ4v) is 17.6. The van der Waals surface area contributed by atoms with Gasteiger partial charge in [0.25, 0.3) is 8.92 Å². The second kappa shape index (κ2) is 8.96. The van der Waals surface area contributed by atoms with Crippen molar-refractivity contribution < 1.29 is 12.7 Å². The maximum absolute atomic E-state index is 11.5. The monoisotopic (exact) mass is 366 g/mol. The topological polar surface area (TPSA) is 73.6 Å². The van der Waals surface area contributed by atoms with E-state index < -0.39 is 33.6 Å². The summed E-state index contributed by atoms with van der Waals surface area (Å²) < 4.78 is 24.3. The molecule has 2 atom stereocenters. The van der Waals surface area contributed by atoms with Gasteiger partial charge in [0, 0.05) is 13.1 Å². The van der Waals surface area contributed by atoms with Crippen LogP contribution in [0, 0.1) is 5.92 Å². The minimum atomic E-state index is -2.29. The van der Waals surface area contributed by atoms with Crippen molar-refractivity contribution in [3.05, 3.63) is 0 Å². The summed E-state index contributed by atoms with van der Waals surface area (Å²) in [6, 6.07) is 0.935. The van der Waals surface area contributed by atoms with E-state index in [9.17, 15) is 4.46 Å². The third-order valence-corrected chi connectivity index (χ3v) is 15.6. The molecule has 0 aromatic carbocycles. The molecule has 3 N–H and O–H groups in total. The lowest BCUT2D eigenvalue weighted by Gasteiger charge is -2.39. The SMILES string of the molecule is CC(CNCCN)C[Si](C)(O[Si](C)(C)C)O[Si](C)(C)[SiH]=O. The summed E-state index contributed by atoms with van der Waals surface area (Å²) in [5, 5.41) is 3.35. The molecule has 0 bridgehead atoms. The molecule has 0 saturated carbocycles. The predicted octanol–water partition coefficient (Wildman–Crippen LogP) is 1.59. The van der Waals surface area contributed by atoms with Gasteiger partial charge in [-0.25, -0.2) is 0 Å². The van der Waals surface area contributed by atoms with E-state index in [1.807, 2.05) is 13.1 Å². The molecule has 126 valence electrons. The summed E-state index contributed by atoms with van der Waals surface area (Å²) in [6.07, 6.45) is 0. The number of hydrogen-bond donors (Lipinski definition) is 2. The molecule has 0 saturated heterocycles. The van der Waals surface area contributed by atoms with E-state index in [1.165, 1.54) is 0 Å². The van der Waals surface area contributed by atoms with Gasteiger partial charge in [0.2, 0.25) is 7.83 Å². The summed E-state index contributed by atoms with van der Waals surface area (Å²) in [7, 11) is -6.89. The van der Waals surface area contributed by atoms with Crippen LogP contribution in [-0.4, -0.2) is 53.3 Å². The Labute approximate surface area is 135 Å². The minimum Gasteiger partial charge on any atom is -0.437 e. The molecule has 0 aliphatic rings. The highest BCUT2D eigenvalue weighted by atomic mass is 29.2. The van der Waals surface area contributed by atoms with Crippen molar-refractivity contribution in [2.75, 3.05) is 19.6 Å². The van der Waals surface area contributed by atoms with Crippen LogP contribution in [0.5, 0.6) is 0 Å². The second-order valence-electron chi connectivity index (χ2n) is 7.47. The summed E-state index contributed by atoms with van der Waals surface area (Å²) in [5.74, 6) is 0.469. The van der Waals surface area contributed by atoms with Crippen LogP contribution < -0.4 is 11.1 Å². The molecule has 0 aliphatic heterocycles. The van der Waals surface area contributed by atoms with Gasteiger partial charge in [0.1, 0.15) is 0 Å². The van der Waals surface area contributed by atoms with Crippen LogP contribution in [0.15, 0.2) is 0 Å². The molecule has 0 amide bonds. The van der Waals surface area contributed by atoms with Crippen molar-refractivity contribution >= 4 is 33.6 Å². The Morgan fingerprint density at radius 1 is 1.14 bits per heavy atom. The molecule has 0 fully saturated rings. The first kappa shape index (κ1) is 21.5. The van der Waals surface area contributed by atoms with E-state index in [1.54, 1.807) is 0 Å². The first-order valence-electron chi connectivity index (χ1n) is 7.70. The van der Waals surface area contributed by atoms with Crippen LogP contribution in [0.2, 0.25) is 45.3 Å². The highest BCUT2D eigenvalue weighted by Gasteiger charge is 2.42. The van der Waals surface area contributed by atoms with Crippen LogP contribution >= 0.6 is 0 Å². The van der Waals surface area contributed by atoms with Gasteiger partial charge in [-0.05, 0) is 57.8 Å². The Bertz CT molecular complexity index is 326.